The van der Waals surface area contributed by atoms with Gasteiger partial charge in [-0.2, -0.15) is 0 Å². The third-order valence-electron chi connectivity index (χ3n) is 5.92. The Morgan fingerprint density at radius 3 is 1.70 bits per heavy atom. The molecule has 0 unspecified atom stereocenters. The average Bonchev–Trinajstić information content (AvgIpc) is 3.05. The lowest BCUT2D eigenvalue weighted by Crippen LogP contribution is -2.19. The van der Waals surface area contributed by atoms with Gasteiger partial charge in [-0.25, -0.2) is 9.78 Å². The van der Waals surface area contributed by atoms with Crippen LogP contribution in [-0.4, -0.2) is 101 Å². The quantitative estimate of drug-likeness (QED) is 0.0784. The summed E-state index contributed by atoms with van der Waals surface area (Å²) < 4.78 is 27.2. The van der Waals surface area contributed by atoms with Gasteiger partial charge in [0.25, 0.3) is 0 Å². The molecule has 3 N–H and O–H groups in total. The molecule has 0 heterocycles. The van der Waals surface area contributed by atoms with Crippen LogP contribution < -0.4 is 15.5 Å². The number of para-hydroxylation sites is 1. The second kappa shape index (κ2) is 29.3. The van der Waals surface area contributed by atoms with E-state index in [9.17, 15) is 0 Å². The minimum Gasteiger partial charge on any atom is -0.506 e. The number of nitrogen functional groups attached to an aromatic ring is 1. The van der Waals surface area contributed by atoms with Crippen LogP contribution in [0.3, 0.4) is 0 Å². The number of nitrogens with two attached hydrogens (primary N) is 1. The maximum Gasteiger partial charge on any atom is 0.674 e. The smallest absolute Gasteiger partial charge is 0.506 e. The van der Waals surface area contributed by atoms with Gasteiger partial charge in [0.15, 0.2) is 0 Å². The molecule has 1 radical (unpaired) electrons. The molecule has 43 heavy (non-hydrogen) atoms. The molecule has 3 aromatic rings. The molecule has 0 aliphatic rings. The Morgan fingerprint density at radius 1 is 0.674 bits per heavy atom. The lowest BCUT2D eigenvalue weighted by molar-refractivity contribution is -0.248. The summed E-state index contributed by atoms with van der Waals surface area (Å²) >= 11 is -2.75. The molecule has 0 aliphatic heterocycles. The van der Waals surface area contributed by atoms with Gasteiger partial charge in [-0.3, -0.25) is 0 Å². The first kappa shape index (κ1) is 41.6. The lowest BCUT2D eigenvalue weighted by atomic mass is 10.1. The lowest BCUT2D eigenvalue weighted by Gasteiger charge is -2.08. The highest BCUT2D eigenvalue weighted by molar-refractivity contribution is 6.46. The zero-order valence-corrected chi connectivity index (χ0v) is 30.7. The molecule has 0 aromatic heterocycles. The zero-order valence-electron chi connectivity index (χ0n) is 27.2. The first-order chi connectivity index (χ1) is 20.9. The van der Waals surface area contributed by atoms with Crippen molar-refractivity contribution in [2.75, 3.05) is 67.4 Å². The Balaban J connectivity index is 0.000000587. The number of hydrogen-bond acceptors (Lipinski definition) is 9. The summed E-state index contributed by atoms with van der Waals surface area (Å²) in [6.07, 6.45) is 2.15. The Kier molecular flexibility index (Phi) is 28.3. The molecular weight excluding hydrogens is 593 g/mol. The summed E-state index contributed by atoms with van der Waals surface area (Å²) in [5.74, 6) is 0. The molecule has 0 amide bonds. The van der Waals surface area contributed by atoms with E-state index in [1.165, 1.54) is 35.5 Å². The van der Waals surface area contributed by atoms with Crippen molar-refractivity contribution >= 4 is 61.0 Å². The van der Waals surface area contributed by atoms with E-state index in [-0.39, 0.29) is 15.6 Å². The first-order valence-electron chi connectivity index (χ1n) is 14.1. The maximum absolute atomic E-state index is 5.49. The van der Waals surface area contributed by atoms with Crippen LogP contribution in [0.25, 0.3) is 0 Å². The predicted molar refractivity (Wildman–Crippen MR) is 181 cm³/mol. The third-order valence-corrected chi connectivity index (χ3v) is 10.6. The van der Waals surface area contributed by atoms with Gasteiger partial charge in [0, 0.05) is 53.5 Å². The van der Waals surface area contributed by atoms with Gasteiger partial charge in [0.2, 0.25) is 0 Å². The number of nitrogens with one attached hydrogen (secondary N) is 1. The summed E-state index contributed by atoms with van der Waals surface area (Å²) in [6.45, 7) is 3.08. The zero-order chi connectivity index (χ0) is 32.1. The maximum atomic E-state index is 5.49. The Morgan fingerprint density at radius 2 is 1.21 bits per heavy atom. The number of hydrogen-bond donors (Lipinski definition) is 2. The second-order valence-corrected chi connectivity index (χ2v) is 15.2. The standard InChI is InChI=1S/C9H12N.C9H11.C6H6N.C2H6O2.5CH3O.3Al/c1-2-8-10-9-6-4-3-5-7-9;1-3-9-6-4-8(2)5-7-9;7-6-4-2-1-3-5-6;1-3-4-2;5*1-2;;;/h3-7,10H,1-2,8H2;4-7H,1,3H2,2H3;2-5H,7H2;1-2H3;5*1H3;;;/q;;;;5*-1;+1;2*+2. The molecule has 0 fully saturated rings. The first-order valence-corrected chi connectivity index (χ1v) is 18.7. The number of benzene rings is 3. The number of aryl methyl sites for hydroxylation is 2. The summed E-state index contributed by atoms with van der Waals surface area (Å²) in [7, 11) is 11.5. The van der Waals surface area contributed by atoms with Crippen LogP contribution in [0.2, 0.25) is 10.6 Å². The van der Waals surface area contributed by atoms with Gasteiger partial charge in [-0.05, 0) is 60.2 Å². The highest BCUT2D eigenvalue weighted by Gasteiger charge is 2.21. The molecule has 0 atom stereocenters. The molecule has 9 nitrogen and oxygen atoms in total. The van der Waals surface area contributed by atoms with E-state index in [2.05, 4.69) is 58.4 Å². The van der Waals surface area contributed by atoms with E-state index >= 15 is 0 Å². The summed E-state index contributed by atoms with van der Waals surface area (Å²) in [5.41, 5.74) is 10.1. The van der Waals surface area contributed by atoms with E-state index in [4.69, 9.17) is 24.7 Å². The van der Waals surface area contributed by atoms with Crippen molar-refractivity contribution in [3.8, 4) is 0 Å². The van der Waals surface area contributed by atoms with E-state index in [0.29, 0.717) is 0 Å². The fourth-order valence-corrected chi connectivity index (χ4v) is 6.53. The molecule has 0 saturated heterocycles. The molecule has 3 rings (SSSR count). The van der Waals surface area contributed by atoms with Crippen molar-refractivity contribution in [2.45, 2.75) is 30.3 Å². The SMILES string of the molecule is COOC.C[O][Al]([CH2]CCNc1ccccc1)[O]C.C[O][Al]([CH2]Cc1ccc(C)cc1)[O]C.C[O][Al][c]1ccc(N)cc1. The Hall–Kier alpha value is -1.42. The van der Waals surface area contributed by atoms with Gasteiger partial charge in [0.1, 0.15) is 0 Å². The van der Waals surface area contributed by atoms with Gasteiger partial charge in [-0.15, -0.1) is 0 Å². The number of rotatable bonds is 15. The summed E-state index contributed by atoms with van der Waals surface area (Å²) in [4.78, 5) is 8.08. The van der Waals surface area contributed by atoms with Gasteiger partial charge >= 0.3 is 45.2 Å². The van der Waals surface area contributed by atoms with Crippen LogP contribution in [0.15, 0.2) is 78.9 Å². The van der Waals surface area contributed by atoms with Crippen molar-refractivity contribution in [2.24, 2.45) is 0 Å². The second-order valence-electron chi connectivity index (χ2n) is 9.11. The molecule has 12 heteroatoms. The molecular formula is C31H50Al3N2O7. The van der Waals surface area contributed by atoms with Crippen LogP contribution in [-0.2, 0) is 35.1 Å². The molecule has 0 bridgehead atoms. The van der Waals surface area contributed by atoms with E-state index < -0.39 is 29.6 Å². The third kappa shape index (κ3) is 23.6. The highest BCUT2D eigenvalue weighted by Crippen LogP contribution is 2.08. The van der Waals surface area contributed by atoms with Crippen LogP contribution in [0.5, 0.6) is 0 Å². The van der Waals surface area contributed by atoms with Crippen molar-refractivity contribution in [1.29, 1.82) is 0 Å². The fraction of sp³-hybridized carbons (Fsp3) is 0.419. The topological polar surface area (TPSA) is 103 Å². The normalized spacial score (nSPS) is 9.67. The highest BCUT2D eigenvalue weighted by atomic mass is 27.2. The average molecular weight is 644 g/mol. The van der Waals surface area contributed by atoms with Gasteiger partial charge < -0.3 is 30.0 Å². The van der Waals surface area contributed by atoms with Crippen molar-refractivity contribution in [1.82, 2.24) is 0 Å². The largest absolute Gasteiger partial charge is 0.674 e. The van der Waals surface area contributed by atoms with Crippen molar-refractivity contribution in [3.63, 3.8) is 0 Å². The number of anilines is 2. The minimum absolute atomic E-state index is 0.0223. The molecule has 3 aromatic carbocycles. The van der Waals surface area contributed by atoms with Crippen LogP contribution in [0.4, 0.5) is 11.4 Å². The fourth-order valence-electron chi connectivity index (χ4n) is 3.47. The van der Waals surface area contributed by atoms with Crippen LogP contribution in [0.1, 0.15) is 17.5 Å². The van der Waals surface area contributed by atoms with Crippen molar-refractivity contribution < 1.29 is 28.7 Å². The van der Waals surface area contributed by atoms with Crippen LogP contribution >= 0.6 is 0 Å². The predicted octanol–water partition coefficient (Wildman–Crippen LogP) is 4.94. The van der Waals surface area contributed by atoms with E-state index in [1.54, 1.807) is 35.5 Å². The van der Waals surface area contributed by atoms with Gasteiger partial charge in [0.05, 0.1) is 14.2 Å². The summed E-state index contributed by atoms with van der Waals surface area (Å²) in [6, 6.07) is 26.6. The molecule has 0 aliphatic carbocycles. The molecule has 0 spiro atoms. The molecule has 0 saturated carbocycles. The monoisotopic (exact) mass is 643 g/mol. The van der Waals surface area contributed by atoms with Gasteiger partial charge in [-0.1, -0.05) is 64.6 Å². The van der Waals surface area contributed by atoms with E-state index in [1.807, 2.05) is 42.5 Å². The Bertz CT molecular complexity index is 995. The van der Waals surface area contributed by atoms with E-state index in [0.717, 1.165) is 35.6 Å². The Labute approximate surface area is 276 Å². The van der Waals surface area contributed by atoms with Crippen LogP contribution in [0, 0.1) is 6.92 Å². The minimum atomic E-state index is -1.37. The van der Waals surface area contributed by atoms with Crippen molar-refractivity contribution in [3.05, 3.63) is 90.0 Å². The molecule has 235 valence electrons. The summed E-state index contributed by atoms with van der Waals surface area (Å²) in [5, 5.41) is 5.45.